The van der Waals surface area contributed by atoms with E-state index in [1.165, 1.54) is 29.7 Å². The van der Waals surface area contributed by atoms with Gasteiger partial charge in [0.25, 0.3) is 5.91 Å². The Kier molecular flexibility index (Phi) is 5.76. The number of nitrogen functional groups attached to an aromatic ring is 1. The summed E-state index contributed by atoms with van der Waals surface area (Å²) in [7, 11) is 0. The van der Waals surface area contributed by atoms with E-state index in [0.717, 1.165) is 34.7 Å². The Bertz CT molecular complexity index is 1480. The van der Waals surface area contributed by atoms with Crippen LogP contribution in [0, 0.1) is 0 Å². The van der Waals surface area contributed by atoms with Crippen molar-refractivity contribution in [3.05, 3.63) is 47.4 Å². The lowest BCUT2D eigenvalue weighted by atomic mass is 9.85. The summed E-state index contributed by atoms with van der Waals surface area (Å²) in [6.07, 6.45) is 7.28. The maximum Gasteiger partial charge on any atom is 0.251 e. The number of aliphatic hydroxyl groups excluding tert-OH is 1. The lowest BCUT2D eigenvalue weighted by Gasteiger charge is -2.39. The fourth-order valence-corrected chi connectivity index (χ4v) is 6.51. The summed E-state index contributed by atoms with van der Waals surface area (Å²) in [6.45, 7) is 3.01. The molecule has 2 bridgehead atoms. The summed E-state index contributed by atoms with van der Waals surface area (Å²) in [4.78, 5) is 41.1. The second-order valence-electron chi connectivity index (χ2n) is 9.85. The van der Waals surface area contributed by atoms with Crippen LogP contribution in [0.3, 0.4) is 0 Å². The molecule has 2 aliphatic rings. The predicted octanol–water partition coefficient (Wildman–Crippen LogP) is 3.32. The van der Waals surface area contributed by atoms with Crippen LogP contribution in [0.4, 0.5) is 5.82 Å². The Balaban J connectivity index is 1.41. The number of Topliss-reactive ketones (excluding diaryl/α,β-unsaturated/α-hetero) is 1. The van der Waals surface area contributed by atoms with Gasteiger partial charge in [-0.1, -0.05) is 6.07 Å². The number of aromatic nitrogens is 5. The van der Waals surface area contributed by atoms with Gasteiger partial charge in [-0.3, -0.25) is 14.6 Å². The highest BCUT2D eigenvalue weighted by Gasteiger charge is 2.45. The van der Waals surface area contributed by atoms with Crippen molar-refractivity contribution in [1.29, 1.82) is 0 Å². The van der Waals surface area contributed by atoms with Crippen LogP contribution in [0.5, 0.6) is 0 Å². The molecule has 0 saturated carbocycles. The largest absolute Gasteiger partial charge is 0.384 e. The Morgan fingerprint density at radius 1 is 1.16 bits per heavy atom. The SMILES string of the molecule is CC(=O)c1c(C2CC3CCC(C2)N3C(=O)C(C)O)nc2c(-c3ccc(-c4nccs4)nc3)cnn2c1N. The summed E-state index contributed by atoms with van der Waals surface area (Å²) < 4.78 is 1.52. The third-order valence-corrected chi connectivity index (χ3v) is 8.32. The maximum atomic E-state index is 12.8. The molecule has 6 rings (SSSR count). The van der Waals surface area contributed by atoms with E-state index in [0.29, 0.717) is 29.7 Å². The second-order valence-corrected chi connectivity index (χ2v) is 10.7. The number of aliphatic hydroxyl groups is 1. The van der Waals surface area contributed by atoms with Crippen molar-refractivity contribution >= 4 is 34.5 Å². The summed E-state index contributed by atoms with van der Waals surface area (Å²) in [5.74, 6) is -0.161. The van der Waals surface area contributed by atoms with E-state index in [9.17, 15) is 14.7 Å². The van der Waals surface area contributed by atoms with Gasteiger partial charge in [0.05, 0.1) is 23.1 Å². The van der Waals surface area contributed by atoms with Crippen LogP contribution in [0.2, 0.25) is 0 Å². The minimum atomic E-state index is -1.03. The number of anilines is 1. The zero-order valence-electron chi connectivity index (χ0n) is 20.5. The van der Waals surface area contributed by atoms with E-state index < -0.39 is 6.10 Å². The number of thiazole rings is 1. The molecule has 0 spiro atoms. The van der Waals surface area contributed by atoms with Crippen LogP contribution >= 0.6 is 11.3 Å². The van der Waals surface area contributed by atoms with Crippen LogP contribution in [0.1, 0.15) is 61.5 Å². The first-order valence-corrected chi connectivity index (χ1v) is 13.3. The van der Waals surface area contributed by atoms with E-state index in [1.807, 2.05) is 22.4 Å². The number of carbonyl (C=O) groups excluding carboxylic acids is 2. The molecule has 2 aliphatic heterocycles. The summed E-state index contributed by atoms with van der Waals surface area (Å²) in [6, 6.07) is 3.89. The molecule has 2 saturated heterocycles. The average molecular weight is 518 g/mol. The zero-order valence-corrected chi connectivity index (χ0v) is 21.4. The Hall–Kier alpha value is -3.70. The molecule has 37 heavy (non-hydrogen) atoms. The van der Waals surface area contributed by atoms with Gasteiger partial charge >= 0.3 is 0 Å². The van der Waals surface area contributed by atoms with Crippen molar-refractivity contribution in [2.45, 2.75) is 63.6 Å². The van der Waals surface area contributed by atoms with Crippen molar-refractivity contribution in [3.63, 3.8) is 0 Å². The van der Waals surface area contributed by atoms with Crippen molar-refractivity contribution in [2.75, 3.05) is 5.73 Å². The summed E-state index contributed by atoms with van der Waals surface area (Å²) >= 11 is 1.53. The Morgan fingerprint density at radius 2 is 1.92 bits per heavy atom. The topological polar surface area (TPSA) is 140 Å². The van der Waals surface area contributed by atoms with Gasteiger partial charge in [-0.25, -0.2) is 9.97 Å². The third-order valence-electron chi connectivity index (χ3n) is 7.52. The number of piperidine rings is 1. The molecule has 4 aromatic heterocycles. The van der Waals surface area contributed by atoms with Gasteiger partial charge < -0.3 is 15.7 Å². The number of rotatable bonds is 5. The van der Waals surface area contributed by atoms with Gasteiger partial charge in [0, 0.05) is 46.9 Å². The van der Waals surface area contributed by atoms with Crippen molar-refractivity contribution in [2.24, 2.45) is 0 Å². The molecule has 3 atom stereocenters. The fourth-order valence-electron chi connectivity index (χ4n) is 5.90. The smallest absolute Gasteiger partial charge is 0.251 e. The minimum absolute atomic E-state index is 0.0110. The number of nitrogens with zero attached hydrogens (tertiary/aromatic N) is 6. The maximum absolute atomic E-state index is 12.8. The number of fused-ring (bicyclic) bond motifs is 3. The molecule has 190 valence electrons. The molecule has 0 aliphatic carbocycles. The highest BCUT2D eigenvalue weighted by atomic mass is 32.1. The molecule has 10 nitrogen and oxygen atoms in total. The Labute approximate surface area is 217 Å². The molecule has 2 fully saturated rings. The lowest BCUT2D eigenvalue weighted by Crippen LogP contribution is -2.49. The van der Waals surface area contributed by atoms with E-state index >= 15 is 0 Å². The van der Waals surface area contributed by atoms with Gasteiger partial charge in [-0.2, -0.15) is 9.61 Å². The van der Waals surface area contributed by atoms with Crippen LogP contribution < -0.4 is 5.73 Å². The first kappa shape index (κ1) is 23.7. The van der Waals surface area contributed by atoms with Crippen LogP contribution in [0.15, 0.2) is 36.1 Å². The number of hydrogen-bond acceptors (Lipinski definition) is 9. The van der Waals surface area contributed by atoms with E-state index in [2.05, 4.69) is 15.1 Å². The predicted molar refractivity (Wildman–Crippen MR) is 139 cm³/mol. The van der Waals surface area contributed by atoms with Gasteiger partial charge in [0.1, 0.15) is 16.9 Å². The fraction of sp³-hybridized carbons (Fsp3) is 0.385. The van der Waals surface area contributed by atoms with Gasteiger partial charge in [0.15, 0.2) is 11.4 Å². The number of hydrogen-bond donors (Lipinski definition) is 2. The van der Waals surface area contributed by atoms with Crippen molar-refractivity contribution < 1.29 is 14.7 Å². The molecule has 0 radical (unpaired) electrons. The van der Waals surface area contributed by atoms with Gasteiger partial charge in [0.2, 0.25) is 0 Å². The van der Waals surface area contributed by atoms with Crippen molar-refractivity contribution in [1.82, 2.24) is 29.5 Å². The second kappa shape index (κ2) is 9.00. The zero-order chi connectivity index (χ0) is 25.8. The van der Waals surface area contributed by atoms with Gasteiger partial charge in [-0.05, 0) is 45.6 Å². The molecule has 11 heteroatoms. The molecular formula is C26H27N7O3S. The average Bonchev–Trinajstić information content (AvgIpc) is 3.62. The summed E-state index contributed by atoms with van der Waals surface area (Å²) in [5.41, 5.74) is 10.5. The number of carbonyl (C=O) groups is 2. The first-order valence-electron chi connectivity index (χ1n) is 12.4. The number of pyridine rings is 1. The molecular weight excluding hydrogens is 490 g/mol. The highest BCUT2D eigenvalue weighted by Crippen LogP contribution is 2.44. The Morgan fingerprint density at radius 3 is 2.51 bits per heavy atom. The molecule has 3 unspecified atom stereocenters. The normalized spacial score (nSPS) is 21.9. The van der Waals surface area contributed by atoms with E-state index in [1.54, 1.807) is 18.6 Å². The molecule has 6 heterocycles. The lowest BCUT2D eigenvalue weighted by molar-refractivity contribution is -0.144. The number of amides is 1. The highest BCUT2D eigenvalue weighted by molar-refractivity contribution is 7.13. The number of nitrogens with two attached hydrogens (primary N) is 1. The monoisotopic (exact) mass is 517 g/mol. The molecule has 1 amide bonds. The number of ketones is 1. The summed E-state index contributed by atoms with van der Waals surface area (Å²) in [5, 5.41) is 17.1. The molecule has 4 aromatic rings. The third kappa shape index (κ3) is 3.89. The standard InChI is InChI=1S/C26H27N7O3S/c1-13(34)21-22(16-9-17-4-5-18(10-16)32(17)26(36)14(2)35)31-24-19(12-30-33(24)23(21)27)15-3-6-20(29-11-15)25-28-7-8-37-25/h3,6-8,11-12,14,16-18,35H,4-5,9-10,27H2,1-2H3. The first-order chi connectivity index (χ1) is 17.8. The van der Waals surface area contributed by atoms with Crippen molar-refractivity contribution in [3.8, 4) is 21.8 Å². The van der Waals surface area contributed by atoms with Crippen LogP contribution in [-0.2, 0) is 4.79 Å². The van der Waals surface area contributed by atoms with E-state index in [-0.39, 0.29) is 35.5 Å². The molecule has 3 N–H and O–H groups in total. The quantitative estimate of drug-likeness (QED) is 0.384. The van der Waals surface area contributed by atoms with E-state index in [4.69, 9.17) is 10.7 Å². The molecule has 0 aromatic carbocycles. The van der Waals surface area contributed by atoms with Crippen LogP contribution in [-0.4, -0.2) is 64.5 Å². The van der Waals surface area contributed by atoms with Gasteiger partial charge in [-0.15, -0.1) is 11.3 Å². The minimum Gasteiger partial charge on any atom is -0.384 e. The van der Waals surface area contributed by atoms with Crippen LogP contribution in [0.25, 0.3) is 27.5 Å².